The van der Waals surface area contributed by atoms with Gasteiger partial charge in [0.05, 0.1) is 6.07 Å². The average molecular weight is 236 g/mol. The Morgan fingerprint density at radius 1 is 1.47 bits per heavy atom. The molecule has 0 heterocycles. The van der Waals surface area contributed by atoms with Crippen LogP contribution < -0.4 is 5.32 Å². The Morgan fingerprint density at radius 3 is 2.71 bits per heavy atom. The Kier molecular flexibility index (Phi) is 4.47. The molecule has 0 aromatic heterocycles. The van der Waals surface area contributed by atoms with Crippen molar-refractivity contribution in [1.82, 2.24) is 0 Å². The molecule has 3 nitrogen and oxygen atoms in total. The molecule has 0 bridgehead atoms. The molecule has 0 aliphatic carbocycles. The van der Waals surface area contributed by atoms with Gasteiger partial charge in [0, 0.05) is 25.8 Å². The van der Waals surface area contributed by atoms with Gasteiger partial charge in [-0.25, -0.2) is 4.39 Å². The number of hydrogen-bond donors (Lipinski definition) is 1. The van der Waals surface area contributed by atoms with E-state index >= 15 is 0 Å². The lowest BCUT2D eigenvalue weighted by Crippen LogP contribution is -2.34. The minimum absolute atomic E-state index is 0.306. The summed E-state index contributed by atoms with van der Waals surface area (Å²) in [6.45, 7) is 4.06. The maximum absolute atomic E-state index is 13.2. The topological polar surface area (TPSA) is 45.0 Å². The predicted octanol–water partition coefficient (Wildman–Crippen LogP) is 2.86. The molecule has 0 aliphatic rings. The Balaban J connectivity index is 2.83. The Hall–Kier alpha value is -1.60. The highest BCUT2D eigenvalue weighted by Gasteiger charge is 2.23. The number of benzene rings is 1. The van der Waals surface area contributed by atoms with Crippen LogP contribution in [0.3, 0.4) is 0 Å². The molecule has 0 saturated carbocycles. The molecule has 1 aromatic rings. The van der Waals surface area contributed by atoms with Gasteiger partial charge in [0.25, 0.3) is 0 Å². The lowest BCUT2D eigenvalue weighted by atomic mass is 9.99. The molecule has 0 saturated heterocycles. The first-order chi connectivity index (χ1) is 7.99. The van der Waals surface area contributed by atoms with E-state index in [1.807, 2.05) is 13.0 Å². The predicted molar refractivity (Wildman–Crippen MR) is 65.3 cm³/mol. The number of methoxy groups -OCH3 is 1. The van der Waals surface area contributed by atoms with Crippen LogP contribution >= 0.6 is 0 Å². The summed E-state index contributed by atoms with van der Waals surface area (Å²) in [6, 6.07) is 6.83. The fraction of sp³-hybridized carbons (Fsp3) is 0.462. The van der Waals surface area contributed by atoms with Gasteiger partial charge in [-0.3, -0.25) is 0 Å². The van der Waals surface area contributed by atoms with E-state index in [1.54, 1.807) is 14.0 Å². The maximum atomic E-state index is 13.2. The molecule has 0 aliphatic heterocycles. The zero-order chi connectivity index (χ0) is 12.9. The second kappa shape index (κ2) is 5.65. The largest absolute Gasteiger partial charge is 0.385 e. The van der Waals surface area contributed by atoms with E-state index in [0.717, 1.165) is 5.56 Å². The first-order valence-corrected chi connectivity index (χ1v) is 5.45. The quantitative estimate of drug-likeness (QED) is 0.855. The van der Waals surface area contributed by atoms with Crippen molar-refractivity contribution < 1.29 is 9.13 Å². The van der Waals surface area contributed by atoms with Crippen LogP contribution in [0.2, 0.25) is 0 Å². The molecule has 1 aromatic carbocycles. The van der Waals surface area contributed by atoms with E-state index in [9.17, 15) is 4.39 Å². The Bertz CT molecular complexity index is 408. The number of nitrogens with zero attached hydrogens (tertiary/aromatic N) is 1. The van der Waals surface area contributed by atoms with E-state index in [0.29, 0.717) is 18.7 Å². The fourth-order valence-electron chi connectivity index (χ4n) is 1.58. The lowest BCUT2D eigenvalue weighted by molar-refractivity contribution is 0.184. The summed E-state index contributed by atoms with van der Waals surface area (Å²) in [5, 5.41) is 12.2. The summed E-state index contributed by atoms with van der Waals surface area (Å²) in [4.78, 5) is 0. The van der Waals surface area contributed by atoms with Crippen molar-refractivity contribution in [3.05, 3.63) is 29.6 Å². The van der Waals surface area contributed by atoms with Crippen molar-refractivity contribution in [2.24, 2.45) is 0 Å². The summed E-state index contributed by atoms with van der Waals surface area (Å²) in [5.41, 5.74) is 0.679. The number of nitriles is 1. The van der Waals surface area contributed by atoms with Gasteiger partial charge in [0.15, 0.2) is 0 Å². The highest BCUT2D eigenvalue weighted by molar-refractivity contribution is 5.49. The van der Waals surface area contributed by atoms with Gasteiger partial charge in [0.2, 0.25) is 0 Å². The van der Waals surface area contributed by atoms with Crippen molar-refractivity contribution in [3.63, 3.8) is 0 Å². The van der Waals surface area contributed by atoms with Crippen LogP contribution in [0.4, 0.5) is 10.1 Å². The highest BCUT2D eigenvalue weighted by atomic mass is 19.1. The van der Waals surface area contributed by atoms with Crippen LogP contribution in [0.25, 0.3) is 0 Å². The molecule has 92 valence electrons. The number of hydrogen-bond acceptors (Lipinski definition) is 3. The first-order valence-electron chi connectivity index (χ1n) is 5.45. The summed E-state index contributed by atoms with van der Waals surface area (Å²) in [7, 11) is 1.59. The summed E-state index contributed by atoms with van der Waals surface area (Å²) in [6.07, 6.45) is 0.537. The van der Waals surface area contributed by atoms with Crippen LogP contribution in [0, 0.1) is 24.1 Å². The molecule has 0 radical (unpaired) electrons. The van der Waals surface area contributed by atoms with Crippen LogP contribution in [-0.2, 0) is 4.74 Å². The molecule has 17 heavy (non-hydrogen) atoms. The molecule has 1 unspecified atom stereocenters. The first kappa shape index (κ1) is 13.5. The van der Waals surface area contributed by atoms with Crippen molar-refractivity contribution in [2.45, 2.75) is 25.8 Å². The van der Waals surface area contributed by atoms with E-state index in [-0.39, 0.29) is 5.82 Å². The zero-order valence-electron chi connectivity index (χ0n) is 10.4. The third-order valence-corrected chi connectivity index (χ3v) is 2.52. The molecular formula is C13H17FN2O. The lowest BCUT2D eigenvalue weighted by Gasteiger charge is -2.24. The molecular weight excluding hydrogens is 219 g/mol. The third kappa shape index (κ3) is 4.04. The van der Waals surface area contributed by atoms with Crippen LogP contribution in [-0.4, -0.2) is 19.3 Å². The van der Waals surface area contributed by atoms with Crippen LogP contribution in [0.15, 0.2) is 18.2 Å². The summed E-state index contributed by atoms with van der Waals surface area (Å²) in [5.74, 6) is -0.306. The minimum Gasteiger partial charge on any atom is -0.385 e. The molecule has 1 N–H and O–H groups in total. The molecule has 4 heteroatoms. The van der Waals surface area contributed by atoms with Crippen molar-refractivity contribution in [3.8, 4) is 6.07 Å². The van der Waals surface area contributed by atoms with E-state index < -0.39 is 5.54 Å². The van der Waals surface area contributed by atoms with E-state index in [4.69, 9.17) is 10.00 Å². The highest BCUT2D eigenvalue weighted by Crippen LogP contribution is 2.20. The van der Waals surface area contributed by atoms with Gasteiger partial charge >= 0.3 is 0 Å². The van der Waals surface area contributed by atoms with Gasteiger partial charge in [-0.1, -0.05) is 0 Å². The molecule has 0 spiro atoms. The molecule has 1 atom stereocenters. The number of nitrogens with one attached hydrogen (secondary N) is 1. The average Bonchev–Trinajstić information content (AvgIpc) is 2.25. The minimum atomic E-state index is -0.754. The summed E-state index contributed by atoms with van der Waals surface area (Å²) >= 11 is 0. The van der Waals surface area contributed by atoms with Gasteiger partial charge in [-0.15, -0.1) is 0 Å². The molecule has 1 rings (SSSR count). The van der Waals surface area contributed by atoms with Crippen molar-refractivity contribution in [1.29, 1.82) is 5.26 Å². The van der Waals surface area contributed by atoms with Gasteiger partial charge in [0.1, 0.15) is 11.4 Å². The normalized spacial score (nSPS) is 13.8. The van der Waals surface area contributed by atoms with Gasteiger partial charge in [-0.05, 0) is 37.6 Å². The number of ether oxygens (including phenoxy) is 1. The molecule has 0 fully saturated rings. The van der Waals surface area contributed by atoms with E-state index in [2.05, 4.69) is 11.4 Å². The zero-order valence-corrected chi connectivity index (χ0v) is 10.4. The fourth-order valence-corrected chi connectivity index (χ4v) is 1.58. The number of aryl methyl sites for hydroxylation is 1. The van der Waals surface area contributed by atoms with Crippen molar-refractivity contribution in [2.75, 3.05) is 19.0 Å². The van der Waals surface area contributed by atoms with Crippen molar-refractivity contribution >= 4 is 5.69 Å². The monoisotopic (exact) mass is 236 g/mol. The second-order valence-electron chi connectivity index (χ2n) is 4.33. The Morgan fingerprint density at radius 2 is 2.18 bits per heavy atom. The smallest absolute Gasteiger partial charge is 0.125 e. The third-order valence-electron chi connectivity index (χ3n) is 2.52. The second-order valence-corrected chi connectivity index (χ2v) is 4.33. The molecule has 0 amide bonds. The van der Waals surface area contributed by atoms with Gasteiger partial charge in [-0.2, -0.15) is 5.26 Å². The number of halogens is 1. The number of anilines is 1. The SMILES string of the molecule is COCCC(C)(C#N)Nc1cc(C)cc(F)c1. The summed E-state index contributed by atoms with van der Waals surface area (Å²) < 4.78 is 18.2. The standard InChI is InChI=1S/C13H17FN2O/c1-10-6-11(14)8-12(7-10)16-13(2,9-15)4-5-17-3/h6-8,16H,4-5H2,1-3H3. The van der Waals surface area contributed by atoms with Crippen LogP contribution in [0.1, 0.15) is 18.9 Å². The maximum Gasteiger partial charge on any atom is 0.125 e. The van der Waals surface area contributed by atoms with Crippen LogP contribution in [0.5, 0.6) is 0 Å². The Labute approximate surface area is 101 Å². The van der Waals surface area contributed by atoms with E-state index in [1.165, 1.54) is 12.1 Å². The number of rotatable bonds is 5. The van der Waals surface area contributed by atoms with Gasteiger partial charge < -0.3 is 10.1 Å².